The van der Waals surface area contributed by atoms with Crippen molar-refractivity contribution in [3.8, 4) is 0 Å². The summed E-state index contributed by atoms with van der Waals surface area (Å²) in [5.74, 6) is -0.107. The van der Waals surface area contributed by atoms with Crippen molar-refractivity contribution in [1.29, 1.82) is 0 Å². The van der Waals surface area contributed by atoms with Gasteiger partial charge in [-0.15, -0.1) is 0 Å². The normalized spacial score (nSPS) is 18.7. The zero-order valence-corrected chi connectivity index (χ0v) is 8.66. The van der Waals surface area contributed by atoms with Gasteiger partial charge in [-0.25, -0.2) is 0 Å². The molecule has 1 fully saturated rings. The lowest BCUT2D eigenvalue weighted by molar-refractivity contribution is -0.0828. The van der Waals surface area contributed by atoms with Gasteiger partial charge in [0.25, 0.3) is 5.91 Å². The first kappa shape index (κ1) is 10.0. The van der Waals surface area contributed by atoms with Crippen molar-refractivity contribution in [1.82, 2.24) is 9.88 Å². The van der Waals surface area contributed by atoms with E-state index >= 15 is 0 Å². The third-order valence-corrected chi connectivity index (χ3v) is 2.85. The molecule has 0 spiro atoms. The van der Waals surface area contributed by atoms with Gasteiger partial charge in [-0.3, -0.25) is 4.79 Å². The summed E-state index contributed by atoms with van der Waals surface area (Å²) in [6.07, 6.45) is 2.25. The van der Waals surface area contributed by atoms with E-state index in [-0.39, 0.29) is 5.91 Å². The molecule has 1 aliphatic rings. The number of nitrogens with one attached hydrogen (secondary N) is 1. The monoisotopic (exact) mass is 209 g/mol. The summed E-state index contributed by atoms with van der Waals surface area (Å²) in [6.45, 7) is 2.72. The molecule has 0 atom stereocenters. The molecule has 2 heterocycles. The number of nitrogen functional groups attached to an aromatic ring is 1. The van der Waals surface area contributed by atoms with Crippen LogP contribution in [0, 0.1) is 0 Å². The van der Waals surface area contributed by atoms with Crippen LogP contribution in [-0.2, 0) is 0 Å². The van der Waals surface area contributed by atoms with Gasteiger partial charge in [-0.2, -0.15) is 0 Å². The molecule has 0 aliphatic carbocycles. The number of aromatic amines is 1. The first-order chi connectivity index (χ1) is 7.04. The lowest BCUT2D eigenvalue weighted by Crippen LogP contribution is -2.63. The van der Waals surface area contributed by atoms with Gasteiger partial charge in [-0.05, 0) is 12.5 Å². The van der Waals surface area contributed by atoms with Crippen molar-refractivity contribution in [2.24, 2.45) is 0 Å². The average Bonchev–Trinajstić information content (AvgIpc) is 2.59. The van der Waals surface area contributed by atoms with Crippen molar-refractivity contribution in [3.05, 3.63) is 18.0 Å². The molecule has 0 bridgehead atoms. The van der Waals surface area contributed by atoms with Crippen LogP contribution >= 0.6 is 0 Å². The third kappa shape index (κ3) is 1.70. The minimum atomic E-state index is -0.687. The number of amides is 1. The summed E-state index contributed by atoms with van der Waals surface area (Å²) in [6, 6.07) is 1.60. The highest BCUT2D eigenvalue weighted by molar-refractivity contribution is 5.94. The number of rotatable bonds is 2. The Labute approximate surface area is 87.9 Å². The minimum Gasteiger partial charge on any atom is -0.397 e. The van der Waals surface area contributed by atoms with Crippen LogP contribution in [0.3, 0.4) is 0 Å². The average molecular weight is 209 g/mol. The first-order valence-electron chi connectivity index (χ1n) is 4.99. The third-order valence-electron chi connectivity index (χ3n) is 2.85. The van der Waals surface area contributed by atoms with E-state index in [1.165, 1.54) is 0 Å². The van der Waals surface area contributed by atoms with Gasteiger partial charge < -0.3 is 20.7 Å². The molecule has 1 aromatic rings. The van der Waals surface area contributed by atoms with Gasteiger partial charge in [0.05, 0.1) is 18.7 Å². The Morgan fingerprint density at radius 2 is 2.40 bits per heavy atom. The van der Waals surface area contributed by atoms with E-state index in [0.717, 1.165) is 0 Å². The number of nitrogens with two attached hydrogens (primary N) is 1. The second kappa shape index (κ2) is 3.27. The fourth-order valence-corrected chi connectivity index (χ4v) is 1.74. The number of nitrogens with zero attached hydrogens (tertiary/aromatic N) is 1. The maximum atomic E-state index is 11.8. The molecule has 0 saturated carbocycles. The van der Waals surface area contributed by atoms with Crippen LogP contribution in [-0.4, -0.2) is 39.6 Å². The number of hydrogen-bond acceptors (Lipinski definition) is 3. The largest absolute Gasteiger partial charge is 0.397 e. The Bertz CT molecular complexity index is 380. The first-order valence-corrected chi connectivity index (χ1v) is 4.99. The summed E-state index contributed by atoms with van der Waals surface area (Å²) < 4.78 is 0. The maximum absolute atomic E-state index is 11.8. The Morgan fingerprint density at radius 3 is 2.87 bits per heavy atom. The predicted molar refractivity (Wildman–Crippen MR) is 56.3 cm³/mol. The quantitative estimate of drug-likeness (QED) is 0.650. The second-order valence-electron chi connectivity index (χ2n) is 4.09. The van der Waals surface area contributed by atoms with Crippen LogP contribution in [0.2, 0.25) is 0 Å². The fourth-order valence-electron chi connectivity index (χ4n) is 1.74. The van der Waals surface area contributed by atoms with E-state index in [1.807, 2.05) is 6.92 Å². The van der Waals surface area contributed by atoms with E-state index in [9.17, 15) is 9.90 Å². The van der Waals surface area contributed by atoms with Crippen LogP contribution in [0.5, 0.6) is 0 Å². The summed E-state index contributed by atoms with van der Waals surface area (Å²) >= 11 is 0. The Kier molecular flexibility index (Phi) is 2.19. The molecule has 2 rings (SSSR count). The molecule has 1 aliphatic heterocycles. The molecular formula is C10H15N3O2. The molecule has 1 saturated heterocycles. The van der Waals surface area contributed by atoms with E-state index in [4.69, 9.17) is 5.73 Å². The van der Waals surface area contributed by atoms with Crippen LogP contribution in [0.15, 0.2) is 12.3 Å². The number of aliphatic hydroxyl groups is 1. The van der Waals surface area contributed by atoms with Crippen LogP contribution in [0.25, 0.3) is 0 Å². The molecule has 1 aromatic heterocycles. The summed E-state index contributed by atoms with van der Waals surface area (Å²) in [5.41, 5.74) is 5.84. The Balaban J connectivity index is 2.00. The minimum absolute atomic E-state index is 0.107. The molecule has 82 valence electrons. The van der Waals surface area contributed by atoms with Crippen molar-refractivity contribution >= 4 is 11.6 Å². The zero-order chi connectivity index (χ0) is 11.1. The van der Waals surface area contributed by atoms with Gasteiger partial charge >= 0.3 is 0 Å². The number of H-pyrrole nitrogens is 1. The number of β-amino-alcohol motifs (C(OH)–C–C–N with tert-alkyl or cyclic N) is 1. The molecule has 4 N–H and O–H groups in total. The smallest absolute Gasteiger partial charge is 0.270 e. The molecule has 0 unspecified atom stereocenters. The van der Waals surface area contributed by atoms with Gasteiger partial charge in [0.2, 0.25) is 0 Å². The Hall–Kier alpha value is -1.49. The van der Waals surface area contributed by atoms with Gasteiger partial charge in [0, 0.05) is 11.9 Å². The molecule has 5 nitrogen and oxygen atoms in total. The lowest BCUT2D eigenvalue weighted by atomic mass is 9.91. The fraction of sp³-hybridized carbons (Fsp3) is 0.500. The molecule has 1 amide bonds. The second-order valence-corrected chi connectivity index (χ2v) is 4.09. The van der Waals surface area contributed by atoms with Crippen molar-refractivity contribution in [2.75, 3.05) is 18.8 Å². The molecule has 5 heteroatoms. The number of anilines is 1. The van der Waals surface area contributed by atoms with E-state index < -0.39 is 5.60 Å². The van der Waals surface area contributed by atoms with E-state index in [1.54, 1.807) is 17.2 Å². The summed E-state index contributed by atoms with van der Waals surface area (Å²) in [4.78, 5) is 16.2. The zero-order valence-electron chi connectivity index (χ0n) is 8.66. The molecule has 0 radical (unpaired) electrons. The Morgan fingerprint density at radius 1 is 1.73 bits per heavy atom. The lowest BCUT2D eigenvalue weighted by Gasteiger charge is -2.45. The standard InChI is InChI=1S/C10H15N3O2/c1-2-10(15)5-13(6-10)9(14)8-3-7(11)4-12-8/h3-4,12,15H,2,5-6,11H2,1H3. The van der Waals surface area contributed by atoms with Crippen molar-refractivity contribution in [2.45, 2.75) is 18.9 Å². The van der Waals surface area contributed by atoms with Crippen molar-refractivity contribution < 1.29 is 9.90 Å². The van der Waals surface area contributed by atoms with Gasteiger partial charge in [0.15, 0.2) is 0 Å². The van der Waals surface area contributed by atoms with Crippen molar-refractivity contribution in [3.63, 3.8) is 0 Å². The van der Waals surface area contributed by atoms with Crippen LogP contribution < -0.4 is 5.73 Å². The van der Waals surface area contributed by atoms with Gasteiger partial charge in [-0.1, -0.05) is 6.92 Å². The highest BCUT2D eigenvalue weighted by Crippen LogP contribution is 2.25. The van der Waals surface area contributed by atoms with E-state index in [2.05, 4.69) is 4.98 Å². The number of likely N-dealkylation sites (tertiary alicyclic amines) is 1. The summed E-state index contributed by atoms with van der Waals surface area (Å²) in [7, 11) is 0. The van der Waals surface area contributed by atoms with Crippen LogP contribution in [0.4, 0.5) is 5.69 Å². The maximum Gasteiger partial charge on any atom is 0.270 e. The van der Waals surface area contributed by atoms with E-state index in [0.29, 0.717) is 30.9 Å². The number of carbonyl (C=O) groups excluding carboxylic acids is 1. The molecule has 0 aromatic carbocycles. The predicted octanol–water partition coefficient (Wildman–Crippen LogP) is 0.194. The number of carbonyl (C=O) groups is 1. The number of hydrogen-bond donors (Lipinski definition) is 3. The highest BCUT2D eigenvalue weighted by Gasteiger charge is 2.42. The molecule has 15 heavy (non-hydrogen) atoms. The SMILES string of the molecule is CCC1(O)CN(C(=O)c2cc(N)c[nH]2)C1. The summed E-state index contributed by atoms with van der Waals surface area (Å²) in [5, 5.41) is 9.76. The van der Waals surface area contributed by atoms with Gasteiger partial charge in [0.1, 0.15) is 5.69 Å². The highest BCUT2D eigenvalue weighted by atomic mass is 16.3. The topological polar surface area (TPSA) is 82.3 Å². The molecular weight excluding hydrogens is 194 g/mol. The van der Waals surface area contributed by atoms with Crippen LogP contribution in [0.1, 0.15) is 23.8 Å². The number of aromatic nitrogens is 1.